The fourth-order valence-electron chi connectivity index (χ4n) is 1.90. The Morgan fingerprint density at radius 2 is 2.35 bits per heavy atom. The summed E-state index contributed by atoms with van der Waals surface area (Å²) in [5, 5.41) is 3.49. The molecule has 92 valence electrons. The van der Waals surface area contributed by atoms with E-state index in [9.17, 15) is 0 Å². The summed E-state index contributed by atoms with van der Waals surface area (Å²) < 4.78 is 2.04. The standard InChI is InChI=1S/C13H18ClN3/c1-2-11(6-7-14)15-9-12-10-17-8-4-3-5-13(17)16-12/h3-5,8,10-11,15H,2,6-7,9H2,1H3. The van der Waals surface area contributed by atoms with E-state index in [1.54, 1.807) is 0 Å². The Morgan fingerprint density at radius 1 is 1.47 bits per heavy atom. The lowest BCUT2D eigenvalue weighted by Crippen LogP contribution is -2.28. The van der Waals surface area contributed by atoms with Gasteiger partial charge in [0.05, 0.1) is 5.69 Å². The molecule has 0 spiro atoms. The molecule has 0 amide bonds. The van der Waals surface area contributed by atoms with Crippen LogP contribution in [0.2, 0.25) is 0 Å². The van der Waals surface area contributed by atoms with Crippen molar-refractivity contribution in [3.05, 3.63) is 36.3 Å². The maximum atomic E-state index is 5.76. The molecule has 0 bridgehead atoms. The lowest BCUT2D eigenvalue weighted by Gasteiger charge is -2.14. The van der Waals surface area contributed by atoms with E-state index < -0.39 is 0 Å². The summed E-state index contributed by atoms with van der Waals surface area (Å²) in [6, 6.07) is 6.51. The van der Waals surface area contributed by atoms with Crippen LogP contribution in [0.15, 0.2) is 30.6 Å². The summed E-state index contributed by atoms with van der Waals surface area (Å²) >= 11 is 5.76. The Balaban J connectivity index is 1.98. The summed E-state index contributed by atoms with van der Waals surface area (Å²) in [6.07, 6.45) is 6.18. The van der Waals surface area contributed by atoms with Gasteiger partial charge in [-0.05, 0) is 25.0 Å². The molecule has 2 aromatic heterocycles. The van der Waals surface area contributed by atoms with Crippen molar-refractivity contribution in [3.63, 3.8) is 0 Å². The summed E-state index contributed by atoms with van der Waals surface area (Å²) in [6.45, 7) is 2.98. The lowest BCUT2D eigenvalue weighted by molar-refractivity contribution is 0.483. The molecule has 2 heterocycles. The third kappa shape index (κ3) is 3.20. The smallest absolute Gasteiger partial charge is 0.137 e. The van der Waals surface area contributed by atoms with Gasteiger partial charge in [0.1, 0.15) is 5.65 Å². The molecule has 1 N–H and O–H groups in total. The van der Waals surface area contributed by atoms with Crippen molar-refractivity contribution >= 4 is 17.2 Å². The van der Waals surface area contributed by atoms with Gasteiger partial charge in [-0.25, -0.2) is 4.98 Å². The maximum absolute atomic E-state index is 5.76. The van der Waals surface area contributed by atoms with Crippen molar-refractivity contribution in [2.45, 2.75) is 32.4 Å². The minimum atomic E-state index is 0.484. The highest BCUT2D eigenvalue weighted by molar-refractivity contribution is 6.17. The van der Waals surface area contributed by atoms with E-state index in [1.807, 2.05) is 28.8 Å². The van der Waals surface area contributed by atoms with Crippen molar-refractivity contribution in [1.29, 1.82) is 0 Å². The number of alkyl halides is 1. The SMILES string of the molecule is CCC(CCCl)NCc1cn2ccccc2n1. The molecule has 0 radical (unpaired) electrons. The zero-order valence-electron chi connectivity index (χ0n) is 10.1. The molecule has 0 aliphatic heterocycles. The number of imidazole rings is 1. The van der Waals surface area contributed by atoms with Gasteiger partial charge in [-0.3, -0.25) is 0 Å². The van der Waals surface area contributed by atoms with Crippen LogP contribution in [-0.4, -0.2) is 21.3 Å². The minimum absolute atomic E-state index is 0.484. The number of halogens is 1. The number of aromatic nitrogens is 2. The Labute approximate surface area is 107 Å². The molecule has 2 aromatic rings. The normalized spacial score (nSPS) is 13.1. The first kappa shape index (κ1) is 12.4. The van der Waals surface area contributed by atoms with E-state index in [0.29, 0.717) is 11.9 Å². The van der Waals surface area contributed by atoms with Crippen LogP contribution >= 0.6 is 11.6 Å². The van der Waals surface area contributed by atoms with Gasteiger partial charge < -0.3 is 9.72 Å². The predicted molar refractivity (Wildman–Crippen MR) is 71.4 cm³/mol. The highest BCUT2D eigenvalue weighted by Gasteiger charge is 2.06. The zero-order valence-corrected chi connectivity index (χ0v) is 10.8. The van der Waals surface area contributed by atoms with Gasteiger partial charge in [0.25, 0.3) is 0 Å². The topological polar surface area (TPSA) is 29.3 Å². The number of nitrogens with zero attached hydrogens (tertiary/aromatic N) is 2. The Bertz CT molecular complexity index is 433. The molecule has 0 aliphatic rings. The van der Waals surface area contributed by atoms with E-state index in [2.05, 4.69) is 23.4 Å². The predicted octanol–water partition coefficient (Wildman–Crippen LogP) is 2.83. The second-order valence-corrected chi connectivity index (χ2v) is 4.54. The quantitative estimate of drug-likeness (QED) is 0.800. The summed E-state index contributed by atoms with van der Waals surface area (Å²) in [5.41, 5.74) is 2.07. The molecule has 0 fully saturated rings. The number of pyridine rings is 1. The van der Waals surface area contributed by atoms with E-state index >= 15 is 0 Å². The van der Waals surface area contributed by atoms with Crippen LogP contribution in [0.3, 0.4) is 0 Å². The average molecular weight is 252 g/mol. The Kier molecular flexibility index (Phi) is 4.40. The van der Waals surface area contributed by atoms with Crippen LogP contribution in [0, 0.1) is 0 Å². The third-order valence-electron chi connectivity index (χ3n) is 2.94. The minimum Gasteiger partial charge on any atom is -0.308 e. The lowest BCUT2D eigenvalue weighted by atomic mass is 10.2. The first-order chi connectivity index (χ1) is 8.33. The zero-order chi connectivity index (χ0) is 12.1. The Morgan fingerprint density at radius 3 is 3.06 bits per heavy atom. The molecule has 3 nitrogen and oxygen atoms in total. The fraction of sp³-hybridized carbons (Fsp3) is 0.462. The third-order valence-corrected chi connectivity index (χ3v) is 3.15. The van der Waals surface area contributed by atoms with Gasteiger partial charge in [-0.15, -0.1) is 11.6 Å². The molecule has 0 aromatic carbocycles. The van der Waals surface area contributed by atoms with Crippen LogP contribution in [0.5, 0.6) is 0 Å². The van der Waals surface area contributed by atoms with Gasteiger partial charge >= 0.3 is 0 Å². The number of hydrogen-bond donors (Lipinski definition) is 1. The van der Waals surface area contributed by atoms with Crippen molar-refractivity contribution in [1.82, 2.24) is 14.7 Å². The molecule has 4 heteroatoms. The molecule has 0 saturated carbocycles. The largest absolute Gasteiger partial charge is 0.308 e. The second-order valence-electron chi connectivity index (χ2n) is 4.16. The first-order valence-electron chi connectivity index (χ1n) is 6.05. The molecular weight excluding hydrogens is 234 g/mol. The van der Waals surface area contributed by atoms with Gasteiger partial charge in [-0.2, -0.15) is 0 Å². The van der Waals surface area contributed by atoms with E-state index in [1.165, 1.54) is 0 Å². The van der Waals surface area contributed by atoms with Crippen LogP contribution in [0.25, 0.3) is 5.65 Å². The molecule has 17 heavy (non-hydrogen) atoms. The molecule has 0 saturated heterocycles. The van der Waals surface area contributed by atoms with Gasteiger partial charge in [-0.1, -0.05) is 13.0 Å². The van der Waals surface area contributed by atoms with Gasteiger partial charge in [0.2, 0.25) is 0 Å². The van der Waals surface area contributed by atoms with Crippen molar-refractivity contribution in [3.8, 4) is 0 Å². The van der Waals surface area contributed by atoms with E-state index in [4.69, 9.17) is 11.6 Å². The maximum Gasteiger partial charge on any atom is 0.137 e. The molecular formula is C13H18ClN3. The second kappa shape index (κ2) is 6.03. The summed E-state index contributed by atoms with van der Waals surface area (Å²) in [5.74, 6) is 0.705. The van der Waals surface area contributed by atoms with E-state index in [-0.39, 0.29) is 0 Å². The summed E-state index contributed by atoms with van der Waals surface area (Å²) in [4.78, 5) is 4.55. The number of fused-ring (bicyclic) bond motifs is 1. The number of nitrogens with one attached hydrogen (secondary N) is 1. The molecule has 0 aliphatic carbocycles. The summed E-state index contributed by atoms with van der Waals surface area (Å²) in [7, 11) is 0. The number of hydrogen-bond acceptors (Lipinski definition) is 2. The molecule has 1 atom stereocenters. The molecule has 2 rings (SSSR count). The highest BCUT2D eigenvalue weighted by Crippen LogP contribution is 2.06. The van der Waals surface area contributed by atoms with Crippen molar-refractivity contribution < 1.29 is 0 Å². The van der Waals surface area contributed by atoms with Crippen LogP contribution in [-0.2, 0) is 6.54 Å². The van der Waals surface area contributed by atoms with Crippen LogP contribution in [0.1, 0.15) is 25.5 Å². The van der Waals surface area contributed by atoms with E-state index in [0.717, 1.165) is 30.7 Å². The number of rotatable bonds is 6. The Hall–Kier alpha value is -1.06. The van der Waals surface area contributed by atoms with Crippen LogP contribution < -0.4 is 5.32 Å². The monoisotopic (exact) mass is 251 g/mol. The van der Waals surface area contributed by atoms with Crippen molar-refractivity contribution in [2.24, 2.45) is 0 Å². The highest BCUT2D eigenvalue weighted by atomic mass is 35.5. The van der Waals surface area contributed by atoms with Gasteiger partial charge in [0, 0.05) is 30.9 Å². The fourth-order valence-corrected chi connectivity index (χ4v) is 2.17. The van der Waals surface area contributed by atoms with Crippen LogP contribution in [0.4, 0.5) is 0 Å². The van der Waals surface area contributed by atoms with Crippen molar-refractivity contribution in [2.75, 3.05) is 5.88 Å². The van der Waals surface area contributed by atoms with Gasteiger partial charge in [0.15, 0.2) is 0 Å². The molecule has 1 unspecified atom stereocenters. The average Bonchev–Trinajstić information content (AvgIpc) is 2.77. The first-order valence-corrected chi connectivity index (χ1v) is 6.59.